The van der Waals surface area contributed by atoms with E-state index in [-0.39, 0.29) is 33.7 Å². The Morgan fingerprint density at radius 1 is 1.05 bits per heavy atom. The second-order valence-electron chi connectivity index (χ2n) is 9.24. The van der Waals surface area contributed by atoms with Crippen LogP contribution in [0.4, 0.5) is 27.6 Å². The molecule has 1 heterocycles. The molecule has 10 heteroatoms. The molecule has 5 nitrogen and oxygen atoms in total. The number of nitrogens with zero attached hydrogens (tertiary/aromatic N) is 1. The molecule has 2 aliphatic rings. The summed E-state index contributed by atoms with van der Waals surface area (Å²) < 4.78 is 71.3. The molecule has 198 valence electrons. The van der Waals surface area contributed by atoms with Gasteiger partial charge in [0, 0.05) is 17.2 Å². The zero-order valence-electron chi connectivity index (χ0n) is 20.1. The van der Waals surface area contributed by atoms with Crippen LogP contribution >= 0.6 is 0 Å². The summed E-state index contributed by atoms with van der Waals surface area (Å²) in [4.78, 5) is 10.9. The number of alkyl halides is 4. The number of hydrogen-bond donors (Lipinski definition) is 3. The highest BCUT2D eigenvalue weighted by Gasteiger charge is 2.40. The number of carboxylic acid groups (broad SMARTS) is 1. The van der Waals surface area contributed by atoms with Crippen molar-refractivity contribution in [1.82, 2.24) is 5.43 Å². The second-order valence-corrected chi connectivity index (χ2v) is 9.24. The monoisotopic (exact) mass is 537 g/mol. The molecule has 39 heavy (non-hydrogen) atoms. The molecule has 5 rings (SSSR count). The highest BCUT2D eigenvalue weighted by molar-refractivity contribution is 6.02. The first-order valence-corrected chi connectivity index (χ1v) is 11.9. The predicted molar refractivity (Wildman–Crippen MR) is 135 cm³/mol. The minimum Gasteiger partial charge on any atom is -0.478 e. The molecule has 1 saturated carbocycles. The van der Waals surface area contributed by atoms with E-state index in [4.69, 9.17) is 5.11 Å². The van der Waals surface area contributed by atoms with E-state index in [1.54, 1.807) is 36.4 Å². The SMILES string of the molecule is N#Cc1c(/C(=C(/c2ccc(F)cc2C(F)(F)F)C2CC2)c2ccc(/C=C/C(=O)O)cc2)ccc2c1C(F)NN2. The van der Waals surface area contributed by atoms with Crippen LogP contribution in [-0.4, -0.2) is 11.1 Å². The van der Waals surface area contributed by atoms with Gasteiger partial charge in [0.15, 0.2) is 6.30 Å². The molecule has 1 atom stereocenters. The quantitative estimate of drug-likeness (QED) is 0.135. The molecule has 0 saturated heterocycles. The van der Waals surface area contributed by atoms with Crippen molar-refractivity contribution in [3.05, 3.63) is 105 Å². The third kappa shape index (κ3) is 5.13. The number of allylic oxidation sites excluding steroid dienone is 1. The fraction of sp³-hybridized carbons (Fsp3) is 0.172. The molecule has 1 aliphatic heterocycles. The van der Waals surface area contributed by atoms with E-state index in [1.165, 1.54) is 6.08 Å². The molecule has 0 bridgehead atoms. The lowest BCUT2D eigenvalue weighted by molar-refractivity contribution is -0.138. The normalized spacial score (nSPS) is 17.4. The van der Waals surface area contributed by atoms with Crippen LogP contribution in [0.25, 0.3) is 17.2 Å². The van der Waals surface area contributed by atoms with Gasteiger partial charge >= 0.3 is 12.1 Å². The summed E-state index contributed by atoms with van der Waals surface area (Å²) in [6.07, 6.45) is -3.11. The molecule has 0 radical (unpaired) electrons. The lowest BCUT2D eigenvalue weighted by Crippen LogP contribution is -2.15. The topological polar surface area (TPSA) is 85.2 Å². The third-order valence-corrected chi connectivity index (χ3v) is 6.66. The molecule has 1 fully saturated rings. The van der Waals surface area contributed by atoms with E-state index in [0.717, 1.165) is 18.2 Å². The average molecular weight is 537 g/mol. The zero-order valence-corrected chi connectivity index (χ0v) is 20.1. The Labute approximate surface area is 219 Å². The molecular formula is C29H20F5N3O2. The predicted octanol–water partition coefficient (Wildman–Crippen LogP) is 7.08. The van der Waals surface area contributed by atoms with Crippen molar-refractivity contribution in [2.75, 3.05) is 5.43 Å². The number of benzene rings is 3. The van der Waals surface area contributed by atoms with Gasteiger partial charge in [0.25, 0.3) is 0 Å². The van der Waals surface area contributed by atoms with Crippen LogP contribution in [0.3, 0.4) is 0 Å². The van der Waals surface area contributed by atoms with Crippen LogP contribution in [0.2, 0.25) is 0 Å². The second kappa shape index (κ2) is 10.0. The number of rotatable bonds is 6. The summed E-state index contributed by atoms with van der Waals surface area (Å²) in [5.74, 6) is -2.49. The Kier molecular flexibility index (Phi) is 6.70. The Hall–Kier alpha value is -4.49. The smallest absolute Gasteiger partial charge is 0.417 e. The van der Waals surface area contributed by atoms with Crippen molar-refractivity contribution in [2.45, 2.75) is 25.3 Å². The Bertz CT molecular complexity index is 1570. The van der Waals surface area contributed by atoms with Crippen molar-refractivity contribution in [1.29, 1.82) is 5.26 Å². The van der Waals surface area contributed by atoms with Gasteiger partial charge in [0.05, 0.1) is 16.8 Å². The average Bonchev–Trinajstić information content (AvgIpc) is 3.67. The number of carbonyl (C=O) groups is 1. The number of nitrogens with one attached hydrogen (secondary N) is 2. The van der Waals surface area contributed by atoms with Gasteiger partial charge in [0.1, 0.15) is 11.9 Å². The molecule has 3 aromatic carbocycles. The number of nitriles is 1. The summed E-state index contributed by atoms with van der Waals surface area (Å²) in [6.45, 7) is 0. The van der Waals surface area contributed by atoms with Gasteiger partial charge in [0.2, 0.25) is 0 Å². The van der Waals surface area contributed by atoms with Crippen LogP contribution in [-0.2, 0) is 11.0 Å². The number of carboxylic acids is 1. The van der Waals surface area contributed by atoms with E-state index in [9.17, 15) is 32.0 Å². The van der Waals surface area contributed by atoms with Crippen LogP contribution < -0.4 is 10.9 Å². The number of anilines is 1. The Balaban J connectivity index is 1.84. The first-order chi connectivity index (χ1) is 18.6. The molecule has 1 aliphatic carbocycles. The number of aliphatic carboxylic acids is 1. The first kappa shape index (κ1) is 26.1. The zero-order chi connectivity index (χ0) is 27.9. The highest BCUT2D eigenvalue weighted by atomic mass is 19.4. The lowest BCUT2D eigenvalue weighted by atomic mass is 9.82. The highest BCUT2D eigenvalue weighted by Crippen LogP contribution is 2.51. The summed E-state index contributed by atoms with van der Waals surface area (Å²) >= 11 is 0. The maximum atomic E-state index is 14.8. The van der Waals surface area contributed by atoms with Crippen molar-refractivity contribution in [3.8, 4) is 6.07 Å². The van der Waals surface area contributed by atoms with Gasteiger partial charge in [-0.2, -0.15) is 18.4 Å². The van der Waals surface area contributed by atoms with Gasteiger partial charge in [-0.25, -0.2) is 19.0 Å². The minimum absolute atomic E-state index is 0.0406. The van der Waals surface area contributed by atoms with Gasteiger partial charge in [-0.15, -0.1) is 0 Å². The van der Waals surface area contributed by atoms with Gasteiger partial charge in [-0.3, -0.25) is 0 Å². The number of hydrazine groups is 1. The standard InChI is InChI=1S/C29H20F5N3O2/c30-18-8-9-20(22(13-18)29(32,33)34)26(17-6-7-17)25(16-4-1-15(2-5-16)3-12-24(38)39)19-10-11-23-27(21(19)14-35)28(31)37-36-23/h1-5,8-13,17,28,36-37H,6-7H2,(H,38,39)/b12-3+,26-25+. The molecule has 3 aromatic rings. The summed E-state index contributed by atoms with van der Waals surface area (Å²) in [5, 5.41) is 19.0. The maximum absolute atomic E-state index is 14.8. The van der Waals surface area contributed by atoms with Crippen LogP contribution in [0.1, 0.15) is 58.1 Å². The summed E-state index contributed by atoms with van der Waals surface area (Å²) in [7, 11) is 0. The number of hydrogen-bond acceptors (Lipinski definition) is 4. The van der Waals surface area contributed by atoms with E-state index < -0.39 is 29.8 Å². The minimum atomic E-state index is -4.86. The van der Waals surface area contributed by atoms with E-state index in [2.05, 4.69) is 10.9 Å². The molecule has 1 unspecified atom stereocenters. The largest absolute Gasteiger partial charge is 0.478 e. The summed E-state index contributed by atoms with van der Waals surface area (Å²) in [5.41, 5.74) is 5.79. The molecule has 3 N–H and O–H groups in total. The van der Waals surface area contributed by atoms with Crippen LogP contribution in [0.15, 0.2) is 60.7 Å². The fourth-order valence-electron chi connectivity index (χ4n) is 4.83. The molecule has 0 spiro atoms. The van der Waals surface area contributed by atoms with Crippen molar-refractivity contribution >= 4 is 28.9 Å². The molecule has 0 aromatic heterocycles. The fourth-order valence-corrected chi connectivity index (χ4v) is 4.83. The van der Waals surface area contributed by atoms with Gasteiger partial charge < -0.3 is 10.5 Å². The number of fused-ring (bicyclic) bond motifs is 1. The van der Waals surface area contributed by atoms with Crippen LogP contribution in [0, 0.1) is 23.1 Å². The van der Waals surface area contributed by atoms with Crippen molar-refractivity contribution in [3.63, 3.8) is 0 Å². The Morgan fingerprint density at radius 3 is 2.36 bits per heavy atom. The lowest BCUT2D eigenvalue weighted by Gasteiger charge is -2.22. The molecular weight excluding hydrogens is 517 g/mol. The van der Waals surface area contributed by atoms with E-state index in [1.807, 2.05) is 6.07 Å². The van der Waals surface area contributed by atoms with E-state index >= 15 is 0 Å². The number of halogens is 5. The third-order valence-electron chi connectivity index (χ3n) is 6.66. The molecule has 0 amide bonds. The van der Waals surface area contributed by atoms with Crippen molar-refractivity contribution < 1.29 is 31.9 Å². The van der Waals surface area contributed by atoms with Gasteiger partial charge in [-0.05, 0) is 70.9 Å². The van der Waals surface area contributed by atoms with Crippen LogP contribution in [0.5, 0.6) is 0 Å². The summed E-state index contributed by atoms with van der Waals surface area (Å²) in [6, 6.07) is 14.0. The van der Waals surface area contributed by atoms with Crippen molar-refractivity contribution in [2.24, 2.45) is 5.92 Å². The maximum Gasteiger partial charge on any atom is 0.417 e. The van der Waals surface area contributed by atoms with E-state index in [0.29, 0.717) is 41.3 Å². The first-order valence-electron chi connectivity index (χ1n) is 11.9. The van der Waals surface area contributed by atoms with Gasteiger partial charge in [-0.1, -0.05) is 36.4 Å². The Morgan fingerprint density at radius 2 is 1.74 bits per heavy atom.